The first kappa shape index (κ1) is 17.5. The van der Waals surface area contributed by atoms with Gasteiger partial charge in [0.1, 0.15) is 0 Å². The summed E-state index contributed by atoms with van der Waals surface area (Å²) in [6.07, 6.45) is 4.96. The third-order valence-electron chi connectivity index (χ3n) is 2.91. The summed E-state index contributed by atoms with van der Waals surface area (Å²) in [6, 6.07) is 13.8. The molecule has 0 atom stereocenters. The molecule has 1 aromatic carbocycles. The molecule has 2 rings (SSSR count). The van der Waals surface area contributed by atoms with Crippen molar-refractivity contribution in [2.45, 2.75) is 25.7 Å². The van der Waals surface area contributed by atoms with Crippen LogP contribution in [-0.2, 0) is 39.1 Å². The van der Waals surface area contributed by atoms with E-state index >= 15 is 0 Å². The summed E-state index contributed by atoms with van der Waals surface area (Å²) in [4.78, 5) is 16.1. The van der Waals surface area contributed by atoms with Crippen LogP contribution in [0.2, 0.25) is 5.02 Å². The van der Waals surface area contributed by atoms with Crippen LogP contribution in [0.1, 0.15) is 35.3 Å². The molecule has 0 spiro atoms. The molecule has 2 nitrogen and oxygen atoms in total. The van der Waals surface area contributed by atoms with Crippen LogP contribution in [0, 0.1) is 6.07 Å². The van der Waals surface area contributed by atoms with Gasteiger partial charge in [0.25, 0.3) is 0 Å². The molecule has 0 aliphatic carbocycles. The average molecular weight is 362 g/mol. The van der Waals surface area contributed by atoms with Gasteiger partial charge in [-0.3, -0.25) is 4.79 Å². The minimum absolute atomic E-state index is 0. The summed E-state index contributed by atoms with van der Waals surface area (Å²) < 4.78 is 0. The second-order valence-electron chi connectivity index (χ2n) is 4.39. The quantitative estimate of drug-likeness (QED) is 0.440. The number of aromatic nitrogens is 1. The van der Waals surface area contributed by atoms with Gasteiger partial charge >= 0.3 is 0 Å². The summed E-state index contributed by atoms with van der Waals surface area (Å²) in [6.45, 7) is 0. The van der Waals surface area contributed by atoms with Gasteiger partial charge in [-0.15, -0.1) is 0 Å². The van der Waals surface area contributed by atoms with Crippen molar-refractivity contribution in [2.75, 3.05) is 0 Å². The number of carbonyl (C=O) groups is 1. The maximum Gasteiger partial charge on any atom is 0.162 e. The predicted molar refractivity (Wildman–Crippen MR) is 76.4 cm³/mol. The molecule has 0 N–H and O–H groups in total. The molecule has 0 amide bonds. The zero-order valence-corrected chi connectivity index (χ0v) is 14.8. The van der Waals surface area contributed by atoms with Crippen LogP contribution >= 0.6 is 11.6 Å². The van der Waals surface area contributed by atoms with E-state index in [0.717, 1.165) is 25.0 Å². The summed E-state index contributed by atoms with van der Waals surface area (Å²) in [5.74, 6) is 0.150. The Balaban J connectivity index is 0.00000200. The minimum Gasteiger partial charge on any atom is -0.301 e. The normalized spacial score (nSPS) is 9.85. The van der Waals surface area contributed by atoms with Crippen LogP contribution in [0.5, 0.6) is 0 Å². The first-order valence-corrected chi connectivity index (χ1v) is 6.73. The minimum atomic E-state index is 0. The van der Waals surface area contributed by atoms with Crippen molar-refractivity contribution >= 4 is 17.4 Å². The van der Waals surface area contributed by atoms with Crippen LogP contribution in [0.4, 0.5) is 0 Å². The summed E-state index contributed by atoms with van der Waals surface area (Å²) in [5.41, 5.74) is 1.74. The first-order chi connectivity index (χ1) is 9.25. The summed E-state index contributed by atoms with van der Waals surface area (Å²) in [5, 5.41) is 0.607. The van der Waals surface area contributed by atoms with E-state index in [4.69, 9.17) is 11.6 Å². The second-order valence-corrected chi connectivity index (χ2v) is 4.83. The van der Waals surface area contributed by atoms with Crippen LogP contribution in [0.25, 0.3) is 0 Å². The molecular weight excluding hydrogens is 347 g/mol. The number of Topliss-reactive ketones (excluding diaryl/α,β-unsaturated/α-hetero) is 1. The molecule has 101 valence electrons. The molecule has 1 heterocycles. The van der Waals surface area contributed by atoms with E-state index < -0.39 is 0 Å². The molecular formula is C16H15ClNOY-. The van der Waals surface area contributed by atoms with Crippen LogP contribution in [0.3, 0.4) is 0 Å². The predicted octanol–water partition coefficient (Wildman–Crippen LogP) is 4.13. The molecule has 4 heteroatoms. The molecule has 0 saturated carbocycles. The maximum absolute atomic E-state index is 11.9. The fourth-order valence-corrected chi connectivity index (χ4v) is 2.09. The fourth-order valence-electron chi connectivity index (χ4n) is 1.90. The van der Waals surface area contributed by atoms with Crippen LogP contribution < -0.4 is 0 Å². The number of carbonyl (C=O) groups excluding carboxylic acids is 1. The Morgan fingerprint density at radius 1 is 1.25 bits per heavy atom. The Kier molecular flexibility index (Phi) is 8.20. The Morgan fingerprint density at radius 3 is 2.80 bits per heavy atom. The van der Waals surface area contributed by atoms with E-state index in [2.05, 4.69) is 11.1 Å². The van der Waals surface area contributed by atoms with Gasteiger partial charge in [-0.05, 0) is 37.1 Å². The van der Waals surface area contributed by atoms with Crippen LogP contribution in [-0.4, -0.2) is 10.8 Å². The largest absolute Gasteiger partial charge is 0.301 e. The Morgan fingerprint density at radius 2 is 2.10 bits per heavy atom. The van der Waals surface area contributed by atoms with Gasteiger partial charge in [0.2, 0.25) is 0 Å². The Hall–Kier alpha value is -0.566. The Bertz CT molecular complexity index is 545. The number of pyridine rings is 1. The third kappa shape index (κ3) is 5.82. The van der Waals surface area contributed by atoms with Crippen molar-refractivity contribution in [2.24, 2.45) is 0 Å². The first-order valence-electron chi connectivity index (χ1n) is 6.35. The van der Waals surface area contributed by atoms with Crippen molar-refractivity contribution in [1.29, 1.82) is 0 Å². The summed E-state index contributed by atoms with van der Waals surface area (Å²) >= 11 is 5.87. The number of rotatable bonds is 6. The van der Waals surface area contributed by atoms with Crippen molar-refractivity contribution in [3.05, 3.63) is 64.9 Å². The zero-order valence-electron chi connectivity index (χ0n) is 11.2. The van der Waals surface area contributed by atoms with Gasteiger partial charge in [0, 0.05) is 49.7 Å². The smallest absolute Gasteiger partial charge is 0.162 e. The molecule has 1 aromatic heterocycles. The number of aryl methyl sites for hydroxylation is 1. The number of hydrogen-bond acceptors (Lipinski definition) is 2. The van der Waals surface area contributed by atoms with E-state index in [1.165, 1.54) is 0 Å². The maximum atomic E-state index is 11.9. The molecule has 1 radical (unpaired) electrons. The molecule has 0 saturated heterocycles. The SMILES string of the molecule is O=C(CCCCc1cc[c-]cn1)c1cccc(Cl)c1.[Y]. The van der Waals surface area contributed by atoms with Crippen molar-refractivity contribution in [3.8, 4) is 0 Å². The zero-order chi connectivity index (χ0) is 13.5. The monoisotopic (exact) mass is 361 g/mol. The molecule has 0 aliphatic heterocycles. The molecule has 20 heavy (non-hydrogen) atoms. The number of hydrogen-bond donors (Lipinski definition) is 0. The molecule has 0 bridgehead atoms. The second kappa shape index (κ2) is 9.38. The van der Waals surface area contributed by atoms with Gasteiger partial charge in [-0.25, -0.2) is 12.1 Å². The van der Waals surface area contributed by atoms with Crippen molar-refractivity contribution in [3.63, 3.8) is 0 Å². The van der Waals surface area contributed by atoms with E-state index in [-0.39, 0.29) is 38.5 Å². The third-order valence-corrected chi connectivity index (χ3v) is 3.15. The molecule has 0 unspecified atom stereocenters. The number of unbranched alkanes of at least 4 members (excludes halogenated alkanes) is 1. The van der Waals surface area contributed by atoms with Gasteiger partial charge < -0.3 is 4.98 Å². The topological polar surface area (TPSA) is 30.0 Å². The summed E-state index contributed by atoms with van der Waals surface area (Å²) in [7, 11) is 0. The number of ketones is 1. The van der Waals surface area contributed by atoms with Gasteiger partial charge in [-0.1, -0.05) is 29.9 Å². The molecule has 2 aromatic rings. The molecule has 0 aliphatic rings. The van der Waals surface area contributed by atoms with Crippen molar-refractivity contribution < 1.29 is 37.5 Å². The standard InChI is InChI=1S/C16H15ClNO.Y/c17-14-7-5-6-13(12-14)16(19)10-2-1-8-15-9-3-4-11-18-15;/h3,5-7,9,11-12H,1-2,8,10H2;/q-1;. The van der Waals surface area contributed by atoms with Gasteiger partial charge in [-0.2, -0.15) is 6.07 Å². The van der Waals surface area contributed by atoms with Gasteiger partial charge in [0.15, 0.2) is 5.78 Å². The van der Waals surface area contributed by atoms with Crippen LogP contribution in [0.15, 0.2) is 42.6 Å². The Labute approximate surface area is 149 Å². The van der Waals surface area contributed by atoms with E-state index in [0.29, 0.717) is 17.0 Å². The number of nitrogens with zero attached hydrogens (tertiary/aromatic N) is 1. The van der Waals surface area contributed by atoms with Crippen molar-refractivity contribution in [1.82, 2.24) is 4.98 Å². The van der Waals surface area contributed by atoms with E-state index in [1.54, 1.807) is 24.4 Å². The number of halogens is 1. The van der Waals surface area contributed by atoms with E-state index in [9.17, 15) is 4.79 Å². The fraction of sp³-hybridized carbons (Fsp3) is 0.250. The average Bonchev–Trinajstić information content (AvgIpc) is 2.44. The van der Waals surface area contributed by atoms with Gasteiger partial charge in [0.05, 0.1) is 0 Å². The number of benzene rings is 1. The van der Waals surface area contributed by atoms with E-state index in [1.807, 2.05) is 18.2 Å². The molecule has 0 fully saturated rings.